The zero-order chi connectivity index (χ0) is 10.7. The van der Waals surface area contributed by atoms with Crippen molar-refractivity contribution in [3.63, 3.8) is 0 Å². The molecule has 0 atom stereocenters. The maximum atomic E-state index is 3.25. The maximum Gasteiger partial charge on any atom is 0.0349 e. The fraction of sp³-hybridized carbons (Fsp3) is 0.385. The molecule has 2 heteroatoms. The lowest BCUT2D eigenvalue weighted by Gasteiger charge is -2.01. The van der Waals surface area contributed by atoms with Gasteiger partial charge in [0.05, 0.1) is 0 Å². The van der Waals surface area contributed by atoms with E-state index in [-0.39, 0.29) is 0 Å². The number of hydrogen-bond acceptors (Lipinski definition) is 2. The molecule has 1 aromatic carbocycles. The van der Waals surface area contributed by atoms with Gasteiger partial charge in [-0.1, -0.05) is 31.5 Å². The van der Waals surface area contributed by atoms with E-state index in [0.717, 1.165) is 6.54 Å². The van der Waals surface area contributed by atoms with Crippen molar-refractivity contribution < 1.29 is 0 Å². The SMILES string of the molecule is CCCc1c(CNC)sc2ccccc12. The molecule has 0 aliphatic rings. The number of benzene rings is 1. The van der Waals surface area contributed by atoms with E-state index in [9.17, 15) is 0 Å². The quantitative estimate of drug-likeness (QED) is 0.829. The van der Waals surface area contributed by atoms with Crippen LogP contribution >= 0.6 is 11.3 Å². The van der Waals surface area contributed by atoms with Crippen molar-refractivity contribution >= 4 is 21.4 Å². The van der Waals surface area contributed by atoms with Crippen LogP contribution in [0.2, 0.25) is 0 Å². The molecule has 1 aromatic heterocycles. The molecule has 0 unspecified atom stereocenters. The van der Waals surface area contributed by atoms with Gasteiger partial charge in [0.25, 0.3) is 0 Å². The van der Waals surface area contributed by atoms with Crippen molar-refractivity contribution in [3.8, 4) is 0 Å². The van der Waals surface area contributed by atoms with Crippen LogP contribution in [-0.2, 0) is 13.0 Å². The van der Waals surface area contributed by atoms with E-state index in [2.05, 4.69) is 36.5 Å². The van der Waals surface area contributed by atoms with Crippen LogP contribution in [0.25, 0.3) is 10.1 Å². The van der Waals surface area contributed by atoms with Gasteiger partial charge < -0.3 is 5.32 Å². The number of hydrogen-bond donors (Lipinski definition) is 1. The minimum atomic E-state index is 0.995. The standard InChI is InChI=1S/C13H17NS/c1-3-6-10-11-7-4-5-8-12(11)15-13(10)9-14-2/h4-5,7-8,14H,3,6,9H2,1-2H3. The van der Waals surface area contributed by atoms with Crippen molar-refractivity contribution in [2.45, 2.75) is 26.3 Å². The van der Waals surface area contributed by atoms with Gasteiger partial charge in [-0.05, 0) is 30.5 Å². The lowest BCUT2D eigenvalue weighted by atomic mass is 10.1. The van der Waals surface area contributed by atoms with E-state index in [4.69, 9.17) is 0 Å². The molecule has 0 aliphatic heterocycles. The highest BCUT2D eigenvalue weighted by atomic mass is 32.1. The Hall–Kier alpha value is -0.860. The van der Waals surface area contributed by atoms with Gasteiger partial charge in [0.1, 0.15) is 0 Å². The van der Waals surface area contributed by atoms with E-state index < -0.39 is 0 Å². The molecule has 0 saturated heterocycles. The minimum Gasteiger partial charge on any atom is -0.315 e. The minimum absolute atomic E-state index is 0.995. The van der Waals surface area contributed by atoms with E-state index in [1.54, 1.807) is 5.56 Å². The van der Waals surface area contributed by atoms with E-state index in [1.165, 1.54) is 27.8 Å². The molecule has 0 spiro atoms. The molecule has 0 aliphatic carbocycles. The first-order valence-corrected chi connectivity index (χ1v) is 6.32. The van der Waals surface area contributed by atoms with Gasteiger partial charge in [-0.2, -0.15) is 0 Å². The van der Waals surface area contributed by atoms with Crippen LogP contribution in [0.15, 0.2) is 24.3 Å². The van der Waals surface area contributed by atoms with Crippen molar-refractivity contribution in [3.05, 3.63) is 34.7 Å². The number of nitrogens with one attached hydrogen (secondary N) is 1. The van der Waals surface area contributed by atoms with Crippen LogP contribution in [-0.4, -0.2) is 7.05 Å². The van der Waals surface area contributed by atoms with Crippen LogP contribution < -0.4 is 5.32 Å². The normalized spacial score (nSPS) is 11.1. The van der Waals surface area contributed by atoms with Crippen molar-refractivity contribution in [2.75, 3.05) is 7.05 Å². The summed E-state index contributed by atoms with van der Waals surface area (Å²) in [6.45, 7) is 3.24. The smallest absolute Gasteiger partial charge is 0.0349 e. The Bertz CT molecular complexity index is 445. The number of fused-ring (bicyclic) bond motifs is 1. The summed E-state index contributed by atoms with van der Waals surface area (Å²) < 4.78 is 1.42. The predicted octanol–water partition coefficient (Wildman–Crippen LogP) is 3.57. The first-order chi connectivity index (χ1) is 7.36. The fourth-order valence-electron chi connectivity index (χ4n) is 1.98. The summed E-state index contributed by atoms with van der Waals surface area (Å²) in [4.78, 5) is 1.50. The molecule has 0 bridgehead atoms. The van der Waals surface area contributed by atoms with Gasteiger partial charge in [-0.25, -0.2) is 0 Å². The molecule has 15 heavy (non-hydrogen) atoms. The van der Waals surface area contributed by atoms with Crippen LogP contribution in [0.4, 0.5) is 0 Å². The van der Waals surface area contributed by atoms with Gasteiger partial charge in [0, 0.05) is 16.1 Å². The summed E-state index contributed by atoms with van der Waals surface area (Å²) in [5, 5.41) is 4.71. The molecular formula is C13H17NS. The van der Waals surface area contributed by atoms with E-state index in [0.29, 0.717) is 0 Å². The van der Waals surface area contributed by atoms with Crippen LogP contribution in [0.1, 0.15) is 23.8 Å². The van der Waals surface area contributed by atoms with Crippen molar-refractivity contribution in [2.24, 2.45) is 0 Å². The zero-order valence-electron chi connectivity index (χ0n) is 9.34. The summed E-state index contributed by atoms with van der Waals surface area (Å²) in [6, 6.07) is 8.73. The monoisotopic (exact) mass is 219 g/mol. The average Bonchev–Trinajstić information content (AvgIpc) is 2.59. The molecule has 1 nitrogen and oxygen atoms in total. The number of rotatable bonds is 4. The van der Waals surface area contributed by atoms with Gasteiger partial charge in [-0.3, -0.25) is 0 Å². The maximum absolute atomic E-state index is 3.25. The number of thiophene rings is 1. The van der Waals surface area contributed by atoms with Crippen molar-refractivity contribution in [1.29, 1.82) is 0 Å². The molecule has 2 aromatic rings. The second kappa shape index (κ2) is 4.77. The molecule has 1 N–H and O–H groups in total. The number of aryl methyl sites for hydroxylation is 1. The van der Waals surface area contributed by atoms with Gasteiger partial charge in [0.15, 0.2) is 0 Å². The molecule has 0 amide bonds. The Morgan fingerprint density at radius 1 is 1.27 bits per heavy atom. The highest BCUT2D eigenvalue weighted by Gasteiger charge is 2.09. The second-order valence-corrected chi connectivity index (χ2v) is 4.92. The van der Waals surface area contributed by atoms with Crippen molar-refractivity contribution in [1.82, 2.24) is 5.32 Å². The molecule has 0 radical (unpaired) electrons. The highest BCUT2D eigenvalue weighted by molar-refractivity contribution is 7.19. The predicted molar refractivity (Wildman–Crippen MR) is 68.6 cm³/mol. The topological polar surface area (TPSA) is 12.0 Å². The van der Waals surface area contributed by atoms with Gasteiger partial charge in [-0.15, -0.1) is 11.3 Å². The molecule has 0 fully saturated rings. The summed E-state index contributed by atoms with van der Waals surface area (Å²) in [6.07, 6.45) is 2.42. The van der Waals surface area contributed by atoms with Crippen LogP contribution in [0.3, 0.4) is 0 Å². The summed E-state index contributed by atoms with van der Waals surface area (Å²) in [5.41, 5.74) is 1.55. The largest absolute Gasteiger partial charge is 0.315 e. The van der Waals surface area contributed by atoms with E-state index >= 15 is 0 Å². The third-order valence-electron chi connectivity index (χ3n) is 2.62. The summed E-state index contributed by atoms with van der Waals surface area (Å²) in [5.74, 6) is 0. The lowest BCUT2D eigenvalue weighted by molar-refractivity contribution is 0.812. The first-order valence-electron chi connectivity index (χ1n) is 5.50. The Kier molecular flexibility index (Phi) is 3.39. The third-order valence-corrected chi connectivity index (χ3v) is 3.83. The first kappa shape index (κ1) is 10.7. The molecule has 1 heterocycles. The summed E-state index contributed by atoms with van der Waals surface area (Å²) >= 11 is 1.93. The Balaban J connectivity index is 2.53. The molecular weight excluding hydrogens is 202 g/mol. The molecule has 2 rings (SSSR count). The molecule has 80 valence electrons. The zero-order valence-corrected chi connectivity index (χ0v) is 10.2. The van der Waals surface area contributed by atoms with Gasteiger partial charge in [0.2, 0.25) is 0 Å². The Morgan fingerprint density at radius 2 is 2.07 bits per heavy atom. The fourth-order valence-corrected chi connectivity index (χ4v) is 3.24. The van der Waals surface area contributed by atoms with Crippen LogP contribution in [0, 0.1) is 0 Å². The van der Waals surface area contributed by atoms with E-state index in [1.807, 2.05) is 18.4 Å². The second-order valence-electron chi connectivity index (χ2n) is 3.78. The lowest BCUT2D eigenvalue weighted by Crippen LogP contribution is -2.05. The Morgan fingerprint density at radius 3 is 2.80 bits per heavy atom. The molecule has 0 saturated carbocycles. The van der Waals surface area contributed by atoms with Gasteiger partial charge >= 0.3 is 0 Å². The third kappa shape index (κ3) is 2.06. The Labute approximate surface area is 95.1 Å². The summed E-state index contributed by atoms with van der Waals surface area (Å²) in [7, 11) is 2.01. The highest BCUT2D eigenvalue weighted by Crippen LogP contribution is 2.31. The van der Waals surface area contributed by atoms with Crippen LogP contribution in [0.5, 0.6) is 0 Å². The average molecular weight is 219 g/mol.